The number of fused-ring (bicyclic) bond motifs is 2. The van der Waals surface area contributed by atoms with Crippen molar-refractivity contribution in [2.75, 3.05) is 33.4 Å². The molecule has 3 aromatic rings. The van der Waals surface area contributed by atoms with Gasteiger partial charge < -0.3 is 24.5 Å². The van der Waals surface area contributed by atoms with Gasteiger partial charge in [0.1, 0.15) is 24.9 Å². The summed E-state index contributed by atoms with van der Waals surface area (Å²) in [5.41, 5.74) is 2.41. The van der Waals surface area contributed by atoms with Gasteiger partial charge in [0.15, 0.2) is 11.5 Å². The molecular weight excluding hydrogens is 521 g/mol. The zero-order chi connectivity index (χ0) is 27.7. The van der Waals surface area contributed by atoms with E-state index in [1.165, 1.54) is 11.3 Å². The lowest BCUT2D eigenvalue weighted by Gasteiger charge is -2.24. The van der Waals surface area contributed by atoms with Crippen LogP contribution in [0.1, 0.15) is 58.1 Å². The summed E-state index contributed by atoms with van der Waals surface area (Å²) in [5.74, 6) is 1.19. The average Bonchev–Trinajstić information content (AvgIpc) is 3.26. The van der Waals surface area contributed by atoms with Gasteiger partial charge in [-0.15, -0.1) is 11.3 Å². The maximum absolute atomic E-state index is 13.4. The molecule has 0 saturated heterocycles. The number of hydrogen-bond donors (Lipinski definition) is 2. The van der Waals surface area contributed by atoms with Crippen LogP contribution in [0.5, 0.6) is 11.5 Å². The van der Waals surface area contributed by atoms with Gasteiger partial charge >= 0.3 is 0 Å². The fraction of sp³-hybridized carbons (Fsp3) is 0.517. The third kappa shape index (κ3) is 5.97. The van der Waals surface area contributed by atoms with E-state index in [0.29, 0.717) is 61.9 Å². The van der Waals surface area contributed by atoms with E-state index in [9.17, 15) is 19.1 Å². The second kappa shape index (κ2) is 11.7. The van der Waals surface area contributed by atoms with Crippen molar-refractivity contribution in [3.8, 4) is 11.5 Å². The van der Waals surface area contributed by atoms with Crippen molar-refractivity contribution in [1.82, 2.24) is 14.8 Å². The highest BCUT2D eigenvalue weighted by atomic mass is 32.1. The molecule has 39 heavy (non-hydrogen) atoms. The number of carbonyl (C=O) groups is 1. The van der Waals surface area contributed by atoms with Crippen molar-refractivity contribution in [1.29, 1.82) is 0 Å². The topological polar surface area (TPSA) is 93.0 Å². The molecule has 1 amide bonds. The van der Waals surface area contributed by atoms with Gasteiger partial charge in [0.05, 0.1) is 16.3 Å². The van der Waals surface area contributed by atoms with Crippen LogP contribution in [0.25, 0.3) is 10.2 Å². The lowest BCUT2D eigenvalue weighted by molar-refractivity contribution is 0.0938. The van der Waals surface area contributed by atoms with Crippen molar-refractivity contribution in [3.05, 3.63) is 56.2 Å². The number of likely N-dealkylation sites (N-methyl/N-ethyl adjacent to an activating group) is 1. The van der Waals surface area contributed by atoms with Crippen LogP contribution in [-0.4, -0.2) is 60.0 Å². The van der Waals surface area contributed by atoms with Gasteiger partial charge in [0, 0.05) is 37.8 Å². The highest BCUT2D eigenvalue weighted by Crippen LogP contribution is 2.34. The van der Waals surface area contributed by atoms with Crippen LogP contribution in [0.4, 0.5) is 4.39 Å². The summed E-state index contributed by atoms with van der Waals surface area (Å²) < 4.78 is 27.0. The molecule has 1 aliphatic heterocycles. The van der Waals surface area contributed by atoms with Gasteiger partial charge in [-0.05, 0) is 68.8 Å². The summed E-state index contributed by atoms with van der Waals surface area (Å²) in [7, 11) is 3.78. The Balaban J connectivity index is 1.28. The van der Waals surface area contributed by atoms with Crippen molar-refractivity contribution >= 4 is 27.5 Å². The SMILES string of the molecule is Cc1c(CN(C)CC(O)c2ccc3c(c2)OCCO3)sc2c(=O)c(C(=O)NCC3CCC(F)CC3)cn(C)c12. The van der Waals surface area contributed by atoms with E-state index in [1.807, 2.05) is 48.7 Å². The summed E-state index contributed by atoms with van der Waals surface area (Å²) in [6, 6.07) is 5.49. The number of ether oxygens (including phenoxy) is 2. The summed E-state index contributed by atoms with van der Waals surface area (Å²) in [5, 5.41) is 13.8. The van der Waals surface area contributed by atoms with Crippen LogP contribution in [0, 0.1) is 12.8 Å². The molecule has 0 spiro atoms. The van der Waals surface area contributed by atoms with Crippen LogP contribution in [0.15, 0.2) is 29.2 Å². The number of benzene rings is 1. The van der Waals surface area contributed by atoms with Crippen LogP contribution in [0.2, 0.25) is 0 Å². The number of rotatable bonds is 8. The molecule has 2 aromatic heterocycles. The van der Waals surface area contributed by atoms with E-state index in [2.05, 4.69) is 5.32 Å². The van der Waals surface area contributed by atoms with E-state index in [1.54, 1.807) is 6.20 Å². The normalized spacial score (nSPS) is 19.8. The number of nitrogens with one attached hydrogen (secondary N) is 1. The van der Waals surface area contributed by atoms with Crippen LogP contribution in [-0.2, 0) is 13.6 Å². The molecule has 2 aliphatic rings. The van der Waals surface area contributed by atoms with Crippen LogP contribution >= 0.6 is 11.3 Å². The van der Waals surface area contributed by atoms with Gasteiger partial charge in [0.25, 0.3) is 5.91 Å². The predicted octanol–water partition coefficient (Wildman–Crippen LogP) is 4.10. The zero-order valence-electron chi connectivity index (χ0n) is 22.7. The lowest BCUT2D eigenvalue weighted by atomic mass is 9.88. The molecule has 0 bridgehead atoms. The smallest absolute Gasteiger partial charge is 0.256 e. The largest absolute Gasteiger partial charge is 0.486 e. The van der Waals surface area contributed by atoms with Gasteiger partial charge in [0.2, 0.25) is 5.43 Å². The molecule has 1 atom stereocenters. The highest BCUT2D eigenvalue weighted by Gasteiger charge is 2.24. The first kappa shape index (κ1) is 27.6. The Bertz CT molecular complexity index is 1410. The quantitative estimate of drug-likeness (QED) is 0.433. The summed E-state index contributed by atoms with van der Waals surface area (Å²) in [4.78, 5) is 29.3. The Morgan fingerprint density at radius 2 is 1.95 bits per heavy atom. The summed E-state index contributed by atoms with van der Waals surface area (Å²) >= 11 is 1.40. The summed E-state index contributed by atoms with van der Waals surface area (Å²) in [6.07, 6.45) is 2.73. The number of aryl methyl sites for hydroxylation is 2. The minimum atomic E-state index is -0.737. The van der Waals surface area contributed by atoms with Crippen molar-refractivity contribution in [3.63, 3.8) is 0 Å². The number of aliphatic hydroxyl groups is 1. The third-order valence-corrected chi connectivity index (χ3v) is 9.03. The molecule has 1 aliphatic carbocycles. The lowest BCUT2D eigenvalue weighted by Crippen LogP contribution is -2.34. The number of aliphatic hydroxyl groups excluding tert-OH is 1. The average molecular weight is 558 g/mol. The Labute approximate surface area is 231 Å². The van der Waals surface area contributed by atoms with Crippen molar-refractivity contribution in [2.24, 2.45) is 13.0 Å². The molecule has 8 nitrogen and oxygen atoms in total. The fourth-order valence-electron chi connectivity index (χ4n) is 5.52. The number of amides is 1. The molecule has 1 saturated carbocycles. The van der Waals surface area contributed by atoms with Gasteiger partial charge in [-0.1, -0.05) is 6.07 Å². The molecule has 1 aromatic carbocycles. The van der Waals surface area contributed by atoms with E-state index in [4.69, 9.17) is 9.47 Å². The molecule has 1 unspecified atom stereocenters. The number of halogens is 1. The van der Waals surface area contributed by atoms with E-state index < -0.39 is 12.3 Å². The molecule has 2 N–H and O–H groups in total. The molecule has 5 rings (SSSR count). The van der Waals surface area contributed by atoms with E-state index >= 15 is 0 Å². The number of aromatic nitrogens is 1. The molecule has 210 valence electrons. The molecule has 0 radical (unpaired) electrons. The van der Waals surface area contributed by atoms with Gasteiger partial charge in [-0.25, -0.2) is 4.39 Å². The number of hydrogen-bond acceptors (Lipinski definition) is 7. The van der Waals surface area contributed by atoms with Crippen LogP contribution in [0.3, 0.4) is 0 Å². The first-order valence-electron chi connectivity index (χ1n) is 13.5. The second-order valence-electron chi connectivity index (χ2n) is 10.8. The van der Waals surface area contributed by atoms with E-state index in [0.717, 1.165) is 34.4 Å². The van der Waals surface area contributed by atoms with Crippen molar-refractivity contribution < 1.29 is 23.8 Å². The second-order valence-corrected chi connectivity index (χ2v) is 11.9. The number of nitrogens with zero attached hydrogens (tertiary/aromatic N) is 2. The first-order valence-corrected chi connectivity index (χ1v) is 14.3. The first-order chi connectivity index (χ1) is 18.7. The minimum absolute atomic E-state index is 0.124. The Kier molecular flexibility index (Phi) is 8.25. The van der Waals surface area contributed by atoms with E-state index in [-0.39, 0.29) is 22.8 Å². The molecule has 3 heterocycles. The monoisotopic (exact) mass is 557 g/mol. The number of pyridine rings is 1. The predicted molar refractivity (Wildman–Crippen MR) is 150 cm³/mol. The Morgan fingerprint density at radius 1 is 1.23 bits per heavy atom. The number of thiophene rings is 1. The molecule has 1 fully saturated rings. The molecular formula is C29H36FN3O5S. The highest BCUT2D eigenvalue weighted by molar-refractivity contribution is 7.19. The third-order valence-electron chi connectivity index (χ3n) is 7.76. The minimum Gasteiger partial charge on any atom is -0.486 e. The molecule has 10 heteroatoms. The Morgan fingerprint density at radius 3 is 2.69 bits per heavy atom. The fourth-order valence-corrected chi connectivity index (χ4v) is 6.89. The number of carbonyl (C=O) groups excluding carboxylic acids is 1. The van der Waals surface area contributed by atoms with Gasteiger partial charge in [-0.3, -0.25) is 14.5 Å². The Hall–Kier alpha value is -2.95. The zero-order valence-corrected chi connectivity index (χ0v) is 23.5. The maximum Gasteiger partial charge on any atom is 0.256 e. The van der Waals surface area contributed by atoms with Crippen LogP contribution < -0.4 is 20.2 Å². The maximum atomic E-state index is 13.4. The number of alkyl halides is 1. The standard InChI is InChI=1S/C29H36FN3O5S/c1-17-25(16-32(2)15-22(34)19-6-9-23-24(12-19)38-11-10-37-23)39-28-26(17)33(3)14-21(27(28)35)29(36)31-13-18-4-7-20(30)8-5-18/h6,9,12,14,18,20,22,34H,4-5,7-8,10-11,13,15-16H2,1-3H3,(H,31,36). The van der Waals surface area contributed by atoms with Gasteiger partial charge in [-0.2, -0.15) is 0 Å². The van der Waals surface area contributed by atoms with Crippen molar-refractivity contribution in [2.45, 2.75) is 51.4 Å². The summed E-state index contributed by atoms with van der Waals surface area (Å²) in [6.45, 7) is 4.38.